The highest BCUT2D eigenvalue weighted by atomic mass is 16.4. The van der Waals surface area contributed by atoms with Crippen molar-refractivity contribution in [2.75, 3.05) is 0 Å². The number of fused-ring (bicyclic) bond motifs is 1. The summed E-state index contributed by atoms with van der Waals surface area (Å²) in [5.41, 5.74) is 0. The number of carboxylic acids is 1. The fourth-order valence-electron chi connectivity index (χ4n) is 7.41. The van der Waals surface area contributed by atoms with Gasteiger partial charge in [0.05, 0.1) is 0 Å². The summed E-state index contributed by atoms with van der Waals surface area (Å²) in [7, 11) is 0. The summed E-state index contributed by atoms with van der Waals surface area (Å²) in [4.78, 5) is 15.1. The van der Waals surface area contributed by atoms with Crippen LogP contribution in [0.1, 0.15) is 85.0 Å². The second-order valence-corrected chi connectivity index (χ2v) is 10.3. The molecular formula is C23H41N3O2. The topological polar surface area (TPSA) is 64.6 Å². The van der Waals surface area contributed by atoms with Gasteiger partial charge >= 0.3 is 5.97 Å². The average molecular weight is 392 g/mol. The Morgan fingerprint density at radius 3 is 2.04 bits per heavy atom. The van der Waals surface area contributed by atoms with Gasteiger partial charge in [-0.1, -0.05) is 44.9 Å². The molecule has 2 aliphatic heterocycles. The summed E-state index contributed by atoms with van der Waals surface area (Å²) in [6, 6.07) is 0.786. The van der Waals surface area contributed by atoms with E-state index in [-0.39, 0.29) is 12.3 Å². The average Bonchev–Trinajstić information content (AvgIpc) is 2.67. The van der Waals surface area contributed by atoms with Gasteiger partial charge in [-0.2, -0.15) is 0 Å². The molecule has 2 saturated carbocycles. The molecule has 7 unspecified atom stereocenters. The highest BCUT2D eigenvalue weighted by Gasteiger charge is 2.55. The van der Waals surface area contributed by atoms with E-state index in [0.29, 0.717) is 41.8 Å². The van der Waals surface area contributed by atoms with Crippen LogP contribution in [-0.2, 0) is 4.79 Å². The first-order chi connectivity index (χ1) is 13.5. The van der Waals surface area contributed by atoms with Crippen molar-refractivity contribution in [1.29, 1.82) is 0 Å². The van der Waals surface area contributed by atoms with Gasteiger partial charge < -0.3 is 5.11 Å². The van der Waals surface area contributed by atoms with Crippen LogP contribution in [0.5, 0.6) is 0 Å². The number of hydrogen-bond donors (Lipinski definition) is 3. The van der Waals surface area contributed by atoms with E-state index < -0.39 is 5.97 Å². The normalized spacial score (nSPS) is 46.1. The van der Waals surface area contributed by atoms with Crippen molar-refractivity contribution in [2.45, 2.75) is 115 Å². The molecule has 4 aliphatic rings. The van der Waals surface area contributed by atoms with Crippen molar-refractivity contribution < 1.29 is 9.90 Å². The molecule has 0 amide bonds. The van der Waals surface area contributed by atoms with Gasteiger partial charge in [0.25, 0.3) is 0 Å². The predicted octanol–water partition coefficient (Wildman–Crippen LogP) is 3.79. The monoisotopic (exact) mass is 391 g/mol. The van der Waals surface area contributed by atoms with E-state index in [1.165, 1.54) is 57.8 Å². The van der Waals surface area contributed by atoms with Gasteiger partial charge in [-0.25, -0.2) is 0 Å². The van der Waals surface area contributed by atoms with Crippen LogP contribution in [0.2, 0.25) is 0 Å². The van der Waals surface area contributed by atoms with Crippen LogP contribution in [0.4, 0.5) is 0 Å². The lowest BCUT2D eigenvalue weighted by atomic mass is 9.58. The van der Waals surface area contributed by atoms with Gasteiger partial charge in [0.15, 0.2) is 0 Å². The molecule has 0 aromatic heterocycles. The van der Waals surface area contributed by atoms with E-state index in [2.05, 4.69) is 36.3 Å². The summed E-state index contributed by atoms with van der Waals surface area (Å²) in [6.45, 7) is 6.77. The van der Waals surface area contributed by atoms with Crippen molar-refractivity contribution in [1.82, 2.24) is 15.5 Å². The minimum Gasteiger partial charge on any atom is -0.480 e. The Kier molecular flexibility index (Phi) is 6.34. The van der Waals surface area contributed by atoms with Crippen molar-refractivity contribution in [3.63, 3.8) is 0 Å². The number of carboxylic acid groups (broad SMARTS) is 1. The molecule has 0 aromatic carbocycles. The molecule has 4 fully saturated rings. The number of rotatable bonds is 3. The van der Waals surface area contributed by atoms with Crippen LogP contribution in [0.25, 0.3) is 0 Å². The fraction of sp³-hybridized carbons (Fsp3) is 0.957. The van der Waals surface area contributed by atoms with E-state index in [1.54, 1.807) is 0 Å². The number of carbonyl (C=O) groups is 1. The Balaban J connectivity index is 1.69. The van der Waals surface area contributed by atoms with Crippen LogP contribution >= 0.6 is 0 Å². The third kappa shape index (κ3) is 3.87. The molecule has 2 aliphatic carbocycles. The Morgan fingerprint density at radius 2 is 1.43 bits per heavy atom. The summed E-state index contributed by atoms with van der Waals surface area (Å²) in [6.07, 6.45) is 12.6. The van der Waals surface area contributed by atoms with Gasteiger partial charge in [0.2, 0.25) is 0 Å². The van der Waals surface area contributed by atoms with Crippen LogP contribution in [0, 0.1) is 23.7 Å². The first-order valence-electron chi connectivity index (χ1n) is 12.0. The Morgan fingerprint density at radius 1 is 0.857 bits per heavy atom. The van der Waals surface area contributed by atoms with Crippen molar-refractivity contribution in [2.24, 2.45) is 23.7 Å². The highest BCUT2D eigenvalue weighted by Crippen LogP contribution is 2.51. The first-order valence-corrected chi connectivity index (χ1v) is 12.0. The zero-order valence-electron chi connectivity index (χ0n) is 18.1. The minimum atomic E-state index is -0.596. The van der Waals surface area contributed by atoms with Crippen LogP contribution < -0.4 is 10.6 Å². The van der Waals surface area contributed by atoms with E-state index in [9.17, 15) is 9.90 Å². The Labute approximate surface area is 171 Å². The maximum atomic E-state index is 12.7. The molecule has 3 N–H and O–H groups in total. The maximum absolute atomic E-state index is 12.7. The summed E-state index contributed by atoms with van der Waals surface area (Å²) in [5.74, 6) is 1.56. The van der Waals surface area contributed by atoms with Gasteiger partial charge in [-0.15, -0.1) is 0 Å². The lowest BCUT2D eigenvalue weighted by Crippen LogP contribution is -2.73. The molecule has 7 atom stereocenters. The number of nitrogens with zero attached hydrogens (tertiary/aromatic N) is 1. The van der Waals surface area contributed by atoms with Gasteiger partial charge in [0.1, 0.15) is 12.3 Å². The van der Waals surface area contributed by atoms with Crippen molar-refractivity contribution in [3.8, 4) is 0 Å². The molecule has 5 nitrogen and oxygen atoms in total. The van der Waals surface area contributed by atoms with Gasteiger partial charge in [-0.05, 0) is 63.7 Å². The molecule has 2 heterocycles. The number of hydrogen-bond acceptors (Lipinski definition) is 4. The van der Waals surface area contributed by atoms with Crippen LogP contribution in [-0.4, -0.2) is 46.4 Å². The third-order valence-electron chi connectivity index (χ3n) is 8.48. The SMILES string of the molecule is CC1CC(C)NC(N2C(C)C3CCCCC3C(C3CCCCC3)C2C(=O)O)N1. The predicted molar refractivity (Wildman–Crippen MR) is 112 cm³/mol. The van der Waals surface area contributed by atoms with E-state index in [0.717, 1.165) is 6.42 Å². The smallest absolute Gasteiger partial charge is 0.321 e. The van der Waals surface area contributed by atoms with E-state index in [1.807, 2.05) is 0 Å². The third-order valence-corrected chi connectivity index (χ3v) is 8.48. The lowest BCUT2D eigenvalue weighted by molar-refractivity contribution is -0.169. The molecule has 0 spiro atoms. The molecule has 0 radical (unpaired) electrons. The Hall–Kier alpha value is -0.650. The summed E-state index contributed by atoms with van der Waals surface area (Å²) in [5, 5.41) is 17.9. The van der Waals surface area contributed by atoms with Crippen LogP contribution in [0.15, 0.2) is 0 Å². The summed E-state index contributed by atoms with van der Waals surface area (Å²) < 4.78 is 0. The molecule has 160 valence electrons. The zero-order chi connectivity index (χ0) is 19.8. The number of piperidine rings is 1. The minimum absolute atomic E-state index is 0.0242. The van der Waals surface area contributed by atoms with Crippen LogP contribution in [0.3, 0.4) is 0 Å². The molecule has 2 saturated heterocycles. The first kappa shape index (κ1) is 20.6. The zero-order valence-corrected chi connectivity index (χ0v) is 18.1. The molecule has 5 heteroatoms. The lowest BCUT2D eigenvalue weighted by Gasteiger charge is -2.59. The largest absolute Gasteiger partial charge is 0.480 e. The number of aliphatic carboxylic acids is 1. The highest BCUT2D eigenvalue weighted by molar-refractivity contribution is 5.74. The molecule has 0 aromatic rings. The quantitative estimate of drug-likeness (QED) is 0.683. The fourth-order valence-corrected chi connectivity index (χ4v) is 7.41. The number of nitrogens with one attached hydrogen (secondary N) is 2. The Bertz CT molecular complexity index is 540. The number of likely N-dealkylation sites (tertiary alicyclic amines) is 1. The van der Waals surface area contributed by atoms with E-state index >= 15 is 0 Å². The summed E-state index contributed by atoms with van der Waals surface area (Å²) >= 11 is 0. The van der Waals surface area contributed by atoms with Gasteiger partial charge in [0, 0.05) is 18.1 Å². The standard InChI is InChI=1S/C23H41N3O2/c1-14-13-15(2)25-23(24-14)26-16(3)18-11-7-8-12-19(18)20(21(26)22(27)28)17-9-5-4-6-10-17/h14-21,23-25H,4-13H2,1-3H3,(H,27,28). The van der Waals surface area contributed by atoms with Crippen molar-refractivity contribution >= 4 is 5.97 Å². The second-order valence-electron chi connectivity index (χ2n) is 10.3. The molecular weight excluding hydrogens is 350 g/mol. The molecule has 0 bridgehead atoms. The maximum Gasteiger partial charge on any atom is 0.321 e. The van der Waals surface area contributed by atoms with Crippen molar-refractivity contribution in [3.05, 3.63) is 0 Å². The molecule has 4 rings (SSSR count). The second kappa shape index (κ2) is 8.61. The molecule has 28 heavy (non-hydrogen) atoms. The van der Waals surface area contributed by atoms with Gasteiger partial charge in [-0.3, -0.25) is 20.3 Å². The van der Waals surface area contributed by atoms with E-state index in [4.69, 9.17) is 0 Å².